The molecule has 0 aliphatic rings. The van der Waals surface area contributed by atoms with Crippen LogP contribution in [0.25, 0.3) is 0 Å². The zero-order valence-electron chi connectivity index (χ0n) is 8.90. The summed E-state index contributed by atoms with van der Waals surface area (Å²) in [6.07, 6.45) is -1.40. The van der Waals surface area contributed by atoms with Gasteiger partial charge in [0, 0.05) is 5.57 Å². The van der Waals surface area contributed by atoms with Crippen molar-refractivity contribution < 1.29 is 24.5 Å². The lowest BCUT2D eigenvalue weighted by Crippen LogP contribution is -2.28. The van der Waals surface area contributed by atoms with Gasteiger partial charge in [0.15, 0.2) is 0 Å². The summed E-state index contributed by atoms with van der Waals surface area (Å²) in [5.74, 6) is -1.92. The van der Waals surface area contributed by atoms with Crippen LogP contribution in [0.5, 0.6) is 0 Å². The van der Waals surface area contributed by atoms with Crippen molar-refractivity contribution in [2.45, 2.75) is 38.9 Å². The molecule has 0 fully saturated rings. The first-order valence-corrected chi connectivity index (χ1v) is 4.67. The fourth-order valence-corrected chi connectivity index (χ4v) is 0.917. The van der Waals surface area contributed by atoms with Gasteiger partial charge in [-0.2, -0.15) is 0 Å². The van der Waals surface area contributed by atoms with E-state index in [9.17, 15) is 14.7 Å². The Labute approximate surface area is 88.4 Å². The maximum atomic E-state index is 11.2. The topological polar surface area (TPSA) is 83.8 Å². The number of aliphatic hydroxyl groups excluding tert-OH is 1. The summed E-state index contributed by atoms with van der Waals surface area (Å²) in [5, 5.41) is 17.7. The molecule has 2 N–H and O–H groups in total. The molecular weight excluding hydrogens is 200 g/mol. The van der Waals surface area contributed by atoms with Crippen LogP contribution < -0.4 is 0 Å². The van der Waals surface area contributed by atoms with Crippen LogP contribution >= 0.6 is 0 Å². The van der Waals surface area contributed by atoms with Crippen molar-refractivity contribution >= 4 is 11.9 Å². The van der Waals surface area contributed by atoms with Crippen molar-refractivity contribution in [3.63, 3.8) is 0 Å². The number of aliphatic hydroxyl groups is 1. The second kappa shape index (κ2) is 6.19. The third-order valence-corrected chi connectivity index (χ3v) is 1.91. The number of esters is 1. The predicted octanol–water partition coefficient (Wildman–Crippen LogP) is 0.720. The number of carboxylic acids is 1. The van der Waals surface area contributed by atoms with Gasteiger partial charge in [-0.3, -0.25) is 4.79 Å². The molecular formula is C10H16O5. The predicted molar refractivity (Wildman–Crippen MR) is 53.2 cm³/mol. The first-order valence-electron chi connectivity index (χ1n) is 4.67. The summed E-state index contributed by atoms with van der Waals surface area (Å²) in [5.41, 5.74) is -0.127. The van der Waals surface area contributed by atoms with E-state index >= 15 is 0 Å². The normalized spacial score (nSPS) is 14.1. The van der Waals surface area contributed by atoms with Gasteiger partial charge in [-0.1, -0.05) is 13.5 Å². The molecule has 0 aliphatic carbocycles. The molecule has 0 saturated heterocycles. The van der Waals surface area contributed by atoms with Gasteiger partial charge < -0.3 is 14.9 Å². The quantitative estimate of drug-likeness (QED) is 0.505. The van der Waals surface area contributed by atoms with Crippen molar-refractivity contribution in [1.29, 1.82) is 0 Å². The molecule has 0 amide bonds. The molecule has 0 radical (unpaired) electrons. The molecule has 5 nitrogen and oxygen atoms in total. The standard InChI is InChI=1S/C10H16O5/c1-4-8(11)7(3)15-10(14)6(2)5-9(12)13/h7-8,11H,2,4-5H2,1,3H3,(H,12,13). The molecule has 86 valence electrons. The minimum Gasteiger partial charge on any atom is -0.481 e. The van der Waals surface area contributed by atoms with Crippen LogP contribution in [0.15, 0.2) is 12.2 Å². The molecule has 0 saturated carbocycles. The van der Waals surface area contributed by atoms with E-state index in [1.807, 2.05) is 0 Å². The summed E-state index contributed by atoms with van der Waals surface area (Å²) in [7, 11) is 0. The largest absolute Gasteiger partial charge is 0.481 e. The third kappa shape index (κ3) is 5.17. The average Bonchev–Trinajstić information content (AvgIpc) is 2.15. The molecule has 2 unspecified atom stereocenters. The van der Waals surface area contributed by atoms with Gasteiger partial charge in [0.1, 0.15) is 6.10 Å². The summed E-state index contributed by atoms with van der Waals surface area (Å²) < 4.78 is 4.81. The molecule has 0 bridgehead atoms. The van der Waals surface area contributed by atoms with Gasteiger partial charge in [0.25, 0.3) is 0 Å². The highest BCUT2D eigenvalue weighted by atomic mass is 16.6. The van der Waals surface area contributed by atoms with Crippen molar-refractivity contribution in [1.82, 2.24) is 0 Å². The maximum absolute atomic E-state index is 11.2. The summed E-state index contributed by atoms with van der Waals surface area (Å²) in [6, 6.07) is 0. The Hall–Kier alpha value is -1.36. The Morgan fingerprint density at radius 1 is 1.47 bits per heavy atom. The number of hydrogen-bond acceptors (Lipinski definition) is 4. The Bertz CT molecular complexity index is 259. The van der Waals surface area contributed by atoms with Gasteiger partial charge in [-0.05, 0) is 13.3 Å². The number of rotatable bonds is 6. The van der Waals surface area contributed by atoms with E-state index in [1.165, 1.54) is 0 Å². The smallest absolute Gasteiger partial charge is 0.334 e. The molecule has 15 heavy (non-hydrogen) atoms. The van der Waals surface area contributed by atoms with Crippen LogP contribution in [0.2, 0.25) is 0 Å². The molecule has 0 spiro atoms. The lowest BCUT2D eigenvalue weighted by atomic mass is 10.1. The second-order valence-electron chi connectivity index (χ2n) is 3.26. The van der Waals surface area contributed by atoms with E-state index in [0.717, 1.165) is 0 Å². The van der Waals surface area contributed by atoms with Crippen LogP contribution in [0.3, 0.4) is 0 Å². The van der Waals surface area contributed by atoms with E-state index < -0.39 is 30.6 Å². The molecule has 5 heteroatoms. The van der Waals surface area contributed by atoms with Crippen molar-refractivity contribution in [3.05, 3.63) is 12.2 Å². The van der Waals surface area contributed by atoms with E-state index in [-0.39, 0.29) is 5.57 Å². The lowest BCUT2D eigenvalue weighted by Gasteiger charge is -2.18. The Kier molecular flexibility index (Phi) is 5.62. The highest BCUT2D eigenvalue weighted by Crippen LogP contribution is 2.08. The average molecular weight is 216 g/mol. The minimum atomic E-state index is -1.14. The Morgan fingerprint density at radius 3 is 2.40 bits per heavy atom. The molecule has 2 atom stereocenters. The first-order chi connectivity index (χ1) is 6.88. The van der Waals surface area contributed by atoms with Gasteiger partial charge in [0.2, 0.25) is 0 Å². The third-order valence-electron chi connectivity index (χ3n) is 1.91. The van der Waals surface area contributed by atoms with E-state index in [2.05, 4.69) is 6.58 Å². The minimum absolute atomic E-state index is 0.127. The SMILES string of the molecule is C=C(CC(=O)O)C(=O)OC(C)C(O)CC. The fourth-order valence-electron chi connectivity index (χ4n) is 0.917. The lowest BCUT2D eigenvalue weighted by molar-refractivity contribution is -0.150. The van der Waals surface area contributed by atoms with E-state index in [4.69, 9.17) is 9.84 Å². The molecule has 0 aliphatic heterocycles. The van der Waals surface area contributed by atoms with E-state index in [0.29, 0.717) is 6.42 Å². The van der Waals surface area contributed by atoms with Crippen molar-refractivity contribution in [2.75, 3.05) is 0 Å². The summed E-state index contributed by atoms with van der Waals surface area (Å²) in [6.45, 7) is 6.59. The first kappa shape index (κ1) is 13.6. The Balaban J connectivity index is 4.13. The zero-order chi connectivity index (χ0) is 12.0. The number of carbonyl (C=O) groups excluding carboxylic acids is 1. The number of ether oxygens (including phenoxy) is 1. The van der Waals surface area contributed by atoms with Crippen LogP contribution in [0, 0.1) is 0 Å². The highest BCUT2D eigenvalue weighted by Gasteiger charge is 2.19. The van der Waals surface area contributed by atoms with Gasteiger partial charge in [-0.15, -0.1) is 0 Å². The van der Waals surface area contributed by atoms with E-state index in [1.54, 1.807) is 13.8 Å². The number of hydrogen-bond donors (Lipinski definition) is 2. The van der Waals surface area contributed by atoms with Gasteiger partial charge in [0.05, 0.1) is 12.5 Å². The van der Waals surface area contributed by atoms with Crippen LogP contribution in [0.1, 0.15) is 26.7 Å². The monoisotopic (exact) mass is 216 g/mol. The van der Waals surface area contributed by atoms with Crippen LogP contribution in [0.4, 0.5) is 0 Å². The van der Waals surface area contributed by atoms with Crippen LogP contribution in [-0.2, 0) is 14.3 Å². The molecule has 0 heterocycles. The highest BCUT2D eigenvalue weighted by molar-refractivity contribution is 5.92. The molecule has 0 rings (SSSR count). The maximum Gasteiger partial charge on any atom is 0.334 e. The van der Waals surface area contributed by atoms with Gasteiger partial charge in [-0.25, -0.2) is 4.79 Å². The molecule has 0 aromatic heterocycles. The number of carbonyl (C=O) groups is 2. The fraction of sp³-hybridized carbons (Fsp3) is 0.600. The van der Waals surface area contributed by atoms with Crippen molar-refractivity contribution in [2.24, 2.45) is 0 Å². The Morgan fingerprint density at radius 2 is 2.00 bits per heavy atom. The number of carboxylic acid groups (broad SMARTS) is 1. The summed E-state index contributed by atoms with van der Waals surface area (Å²) >= 11 is 0. The number of aliphatic carboxylic acids is 1. The van der Waals surface area contributed by atoms with Crippen molar-refractivity contribution in [3.8, 4) is 0 Å². The summed E-state index contributed by atoms with van der Waals surface area (Å²) in [4.78, 5) is 21.5. The van der Waals surface area contributed by atoms with Gasteiger partial charge >= 0.3 is 11.9 Å². The molecule has 0 aromatic rings. The zero-order valence-corrected chi connectivity index (χ0v) is 8.90. The molecule has 0 aromatic carbocycles. The second-order valence-corrected chi connectivity index (χ2v) is 3.26. The van der Waals surface area contributed by atoms with Crippen LogP contribution in [-0.4, -0.2) is 34.4 Å².